The molecule has 9 heteroatoms. The van der Waals surface area contributed by atoms with Crippen molar-refractivity contribution < 1.29 is 9.84 Å². The SMILES string of the molecule is COc1nc(-c2cccc(-c3cccc(Nc4nc(C)nc5cccnc45)c3C)c2Cl)ccc1CN1CCC(O)C1. The van der Waals surface area contributed by atoms with Gasteiger partial charge in [-0.3, -0.25) is 9.88 Å². The molecule has 1 saturated heterocycles. The summed E-state index contributed by atoms with van der Waals surface area (Å²) in [7, 11) is 1.63. The zero-order valence-corrected chi connectivity index (χ0v) is 24.0. The number of hydrogen-bond acceptors (Lipinski definition) is 8. The second kappa shape index (κ2) is 11.4. The average molecular weight is 567 g/mol. The summed E-state index contributed by atoms with van der Waals surface area (Å²) in [4.78, 5) is 20.7. The molecule has 1 aliphatic heterocycles. The molecular formula is C32H31ClN6O2. The van der Waals surface area contributed by atoms with Gasteiger partial charge in [0.1, 0.15) is 11.3 Å². The molecule has 2 N–H and O–H groups in total. The van der Waals surface area contributed by atoms with E-state index in [0.717, 1.165) is 57.7 Å². The van der Waals surface area contributed by atoms with Crippen LogP contribution in [0.3, 0.4) is 0 Å². The number of methoxy groups -OCH3 is 1. The van der Waals surface area contributed by atoms with Crippen LogP contribution in [0.25, 0.3) is 33.4 Å². The Kier molecular flexibility index (Phi) is 7.53. The lowest BCUT2D eigenvalue weighted by atomic mass is 9.96. The maximum absolute atomic E-state index is 9.90. The molecule has 1 fully saturated rings. The van der Waals surface area contributed by atoms with Crippen molar-refractivity contribution in [2.45, 2.75) is 32.9 Å². The Balaban J connectivity index is 1.33. The summed E-state index contributed by atoms with van der Waals surface area (Å²) in [6.07, 6.45) is 2.26. The summed E-state index contributed by atoms with van der Waals surface area (Å²) in [6, 6.07) is 19.9. The number of benzene rings is 2. The Bertz CT molecular complexity index is 1740. The fraction of sp³-hybridized carbons (Fsp3) is 0.250. The number of fused-ring (bicyclic) bond motifs is 1. The monoisotopic (exact) mass is 566 g/mol. The van der Waals surface area contributed by atoms with Crippen LogP contribution in [-0.2, 0) is 6.54 Å². The van der Waals surface area contributed by atoms with E-state index in [2.05, 4.69) is 38.2 Å². The van der Waals surface area contributed by atoms with Crippen molar-refractivity contribution in [2.24, 2.45) is 0 Å². The van der Waals surface area contributed by atoms with E-state index in [1.165, 1.54) is 0 Å². The molecule has 8 nitrogen and oxygen atoms in total. The van der Waals surface area contributed by atoms with E-state index in [-0.39, 0.29) is 6.10 Å². The Hall–Kier alpha value is -4.11. The highest BCUT2D eigenvalue weighted by atomic mass is 35.5. The predicted molar refractivity (Wildman–Crippen MR) is 163 cm³/mol. The summed E-state index contributed by atoms with van der Waals surface area (Å²) in [6.45, 7) is 6.14. The Morgan fingerprint density at radius 1 is 0.976 bits per heavy atom. The average Bonchev–Trinajstić information content (AvgIpc) is 3.39. The van der Waals surface area contributed by atoms with Crippen molar-refractivity contribution in [3.05, 3.63) is 88.8 Å². The molecule has 3 aromatic heterocycles. The number of likely N-dealkylation sites (tertiary alicyclic amines) is 1. The van der Waals surface area contributed by atoms with E-state index in [9.17, 15) is 5.11 Å². The third-order valence-electron chi connectivity index (χ3n) is 7.49. The zero-order chi connectivity index (χ0) is 28.5. The molecule has 0 spiro atoms. The molecule has 4 heterocycles. The van der Waals surface area contributed by atoms with Gasteiger partial charge in [0, 0.05) is 48.2 Å². The summed E-state index contributed by atoms with van der Waals surface area (Å²) in [5, 5.41) is 14.0. The van der Waals surface area contributed by atoms with Gasteiger partial charge in [-0.2, -0.15) is 0 Å². The van der Waals surface area contributed by atoms with Crippen LogP contribution in [-0.4, -0.2) is 56.2 Å². The first-order chi connectivity index (χ1) is 19.9. The van der Waals surface area contributed by atoms with Crippen molar-refractivity contribution >= 4 is 34.1 Å². The summed E-state index contributed by atoms with van der Waals surface area (Å²) in [5.41, 5.74) is 7.89. The lowest BCUT2D eigenvalue weighted by Gasteiger charge is -2.18. The molecule has 6 rings (SSSR count). The molecule has 0 aliphatic carbocycles. The third kappa shape index (κ3) is 5.46. The van der Waals surface area contributed by atoms with Crippen LogP contribution in [0.1, 0.15) is 23.4 Å². The van der Waals surface area contributed by atoms with Crippen LogP contribution in [0.4, 0.5) is 11.5 Å². The first-order valence-electron chi connectivity index (χ1n) is 13.6. The van der Waals surface area contributed by atoms with E-state index >= 15 is 0 Å². The molecule has 0 bridgehead atoms. The van der Waals surface area contributed by atoms with Gasteiger partial charge >= 0.3 is 0 Å². The quantitative estimate of drug-likeness (QED) is 0.235. The number of rotatable bonds is 7. The van der Waals surface area contributed by atoms with Crippen LogP contribution < -0.4 is 10.1 Å². The van der Waals surface area contributed by atoms with Crippen molar-refractivity contribution in [1.82, 2.24) is 24.8 Å². The highest BCUT2D eigenvalue weighted by molar-refractivity contribution is 6.36. The van der Waals surface area contributed by atoms with Gasteiger partial charge < -0.3 is 15.2 Å². The molecule has 0 radical (unpaired) electrons. The number of aromatic nitrogens is 4. The second-order valence-electron chi connectivity index (χ2n) is 10.3. The van der Waals surface area contributed by atoms with E-state index < -0.39 is 0 Å². The third-order valence-corrected chi connectivity index (χ3v) is 7.90. The largest absolute Gasteiger partial charge is 0.481 e. The lowest BCUT2D eigenvalue weighted by molar-refractivity contribution is 0.174. The number of pyridine rings is 2. The van der Waals surface area contributed by atoms with Gasteiger partial charge in [0.2, 0.25) is 5.88 Å². The van der Waals surface area contributed by atoms with E-state index in [0.29, 0.717) is 41.2 Å². The van der Waals surface area contributed by atoms with Crippen LogP contribution in [0, 0.1) is 13.8 Å². The number of halogens is 1. The highest BCUT2D eigenvalue weighted by Crippen LogP contribution is 2.40. The molecule has 5 aromatic rings. The molecule has 41 heavy (non-hydrogen) atoms. The first-order valence-corrected chi connectivity index (χ1v) is 14.0. The smallest absolute Gasteiger partial charge is 0.218 e. The van der Waals surface area contributed by atoms with Crippen molar-refractivity contribution in [3.8, 4) is 28.3 Å². The van der Waals surface area contributed by atoms with Crippen LogP contribution in [0.5, 0.6) is 5.88 Å². The number of nitrogens with zero attached hydrogens (tertiary/aromatic N) is 5. The normalized spacial score (nSPS) is 15.4. The second-order valence-corrected chi connectivity index (χ2v) is 10.7. The van der Waals surface area contributed by atoms with Gasteiger partial charge in [-0.05, 0) is 55.7 Å². The van der Waals surface area contributed by atoms with Gasteiger partial charge in [0.05, 0.1) is 29.4 Å². The van der Waals surface area contributed by atoms with Crippen molar-refractivity contribution in [1.29, 1.82) is 0 Å². The fourth-order valence-electron chi connectivity index (χ4n) is 5.41. The number of anilines is 2. The van der Waals surface area contributed by atoms with Crippen molar-refractivity contribution in [2.75, 3.05) is 25.5 Å². The first kappa shape index (κ1) is 27.1. The summed E-state index contributed by atoms with van der Waals surface area (Å²) < 4.78 is 5.66. The highest BCUT2D eigenvalue weighted by Gasteiger charge is 2.22. The Morgan fingerprint density at radius 2 is 1.78 bits per heavy atom. The Morgan fingerprint density at radius 3 is 2.59 bits per heavy atom. The van der Waals surface area contributed by atoms with E-state index in [1.54, 1.807) is 13.3 Å². The molecular weight excluding hydrogens is 536 g/mol. The van der Waals surface area contributed by atoms with Gasteiger partial charge in [-0.1, -0.05) is 48.0 Å². The molecule has 1 aliphatic rings. The van der Waals surface area contributed by atoms with Gasteiger partial charge in [-0.25, -0.2) is 15.0 Å². The number of aryl methyl sites for hydroxylation is 1. The standard InChI is InChI=1S/C32H31ClN6O2/c1-19-23(7-5-10-26(19)37-31-30-28(11-6-15-34-30)35-20(2)36-31)24-8-4-9-25(29(24)33)27-13-12-21(32(38-27)41-3)17-39-16-14-22(40)18-39/h4-13,15,22,40H,14,16-18H2,1-3H3,(H,35,36,37). The molecule has 1 atom stereocenters. The van der Waals surface area contributed by atoms with Crippen molar-refractivity contribution in [3.63, 3.8) is 0 Å². The fourth-order valence-corrected chi connectivity index (χ4v) is 5.74. The van der Waals surface area contributed by atoms with Gasteiger partial charge in [0.15, 0.2) is 5.82 Å². The topological polar surface area (TPSA) is 96.3 Å². The Labute approximate surface area is 244 Å². The predicted octanol–water partition coefficient (Wildman–Crippen LogP) is 6.34. The lowest BCUT2D eigenvalue weighted by Crippen LogP contribution is -2.22. The summed E-state index contributed by atoms with van der Waals surface area (Å²) in [5.74, 6) is 1.89. The number of aliphatic hydroxyl groups excluding tert-OH is 1. The van der Waals surface area contributed by atoms with Crippen LogP contribution in [0.15, 0.2) is 66.9 Å². The number of aliphatic hydroxyl groups is 1. The molecule has 1 unspecified atom stereocenters. The van der Waals surface area contributed by atoms with Crippen LogP contribution in [0.2, 0.25) is 5.02 Å². The molecule has 2 aromatic carbocycles. The van der Waals surface area contributed by atoms with Gasteiger partial charge in [0.25, 0.3) is 0 Å². The number of hydrogen-bond donors (Lipinski definition) is 2. The molecule has 0 saturated carbocycles. The summed E-state index contributed by atoms with van der Waals surface area (Å²) >= 11 is 7.08. The maximum Gasteiger partial charge on any atom is 0.218 e. The molecule has 208 valence electrons. The number of nitrogens with one attached hydrogen (secondary N) is 1. The maximum atomic E-state index is 9.90. The minimum absolute atomic E-state index is 0.270. The van der Waals surface area contributed by atoms with E-state index in [1.807, 2.05) is 61.5 Å². The van der Waals surface area contributed by atoms with Crippen LogP contribution >= 0.6 is 11.6 Å². The number of ether oxygens (including phenoxy) is 1. The van der Waals surface area contributed by atoms with E-state index in [4.69, 9.17) is 21.3 Å². The zero-order valence-electron chi connectivity index (χ0n) is 23.2. The minimum Gasteiger partial charge on any atom is -0.481 e. The minimum atomic E-state index is -0.270. The van der Waals surface area contributed by atoms with Gasteiger partial charge in [-0.15, -0.1) is 0 Å². The molecule has 0 amide bonds. The number of β-amino-alcohol motifs (C(OH)–C–C–N with tert-alkyl or cyclic N) is 1.